The van der Waals surface area contributed by atoms with Crippen LogP contribution < -0.4 is 16.0 Å². The second-order valence-electron chi connectivity index (χ2n) is 8.34. The number of ether oxygens (including phenoxy) is 1. The lowest BCUT2D eigenvalue weighted by Crippen LogP contribution is -2.57. The van der Waals surface area contributed by atoms with E-state index in [1.807, 2.05) is 20.8 Å². The molecule has 1 heterocycles. The molecule has 1 atom stereocenters. The van der Waals surface area contributed by atoms with Crippen LogP contribution >= 0.6 is 24.0 Å². The van der Waals surface area contributed by atoms with Crippen LogP contribution in [0.25, 0.3) is 0 Å². The van der Waals surface area contributed by atoms with E-state index in [0.29, 0.717) is 12.5 Å². The molecule has 0 aromatic heterocycles. The van der Waals surface area contributed by atoms with Crippen molar-refractivity contribution in [3.63, 3.8) is 0 Å². The van der Waals surface area contributed by atoms with Gasteiger partial charge in [-0.2, -0.15) is 0 Å². The van der Waals surface area contributed by atoms with Gasteiger partial charge in [-0.15, -0.1) is 24.0 Å². The molecule has 1 fully saturated rings. The SMILES string of the molecule is CCC(CC)(CNC(=NC)NCC1CCN(C)C1)NC(=O)OC(C)(C)C.I. The van der Waals surface area contributed by atoms with Crippen LogP contribution in [0, 0.1) is 5.92 Å². The first-order chi connectivity index (χ1) is 12.1. The summed E-state index contributed by atoms with van der Waals surface area (Å²) in [5.74, 6) is 1.43. The molecule has 27 heavy (non-hydrogen) atoms. The van der Waals surface area contributed by atoms with Gasteiger partial charge in [0.25, 0.3) is 0 Å². The summed E-state index contributed by atoms with van der Waals surface area (Å²) < 4.78 is 5.43. The van der Waals surface area contributed by atoms with Gasteiger partial charge in [-0.05, 0) is 59.5 Å². The third-order valence-corrected chi connectivity index (χ3v) is 4.98. The Labute approximate surface area is 182 Å². The molecule has 0 aromatic rings. The molecule has 0 radical (unpaired) electrons. The van der Waals surface area contributed by atoms with Gasteiger partial charge in [0.05, 0.1) is 5.54 Å². The first kappa shape index (κ1) is 26.2. The van der Waals surface area contributed by atoms with Gasteiger partial charge in [0.15, 0.2) is 5.96 Å². The number of carbonyl (C=O) groups excluding carboxylic acids is 1. The molecule has 160 valence electrons. The van der Waals surface area contributed by atoms with E-state index in [4.69, 9.17) is 4.74 Å². The number of nitrogens with zero attached hydrogens (tertiary/aromatic N) is 2. The number of halogens is 1. The summed E-state index contributed by atoms with van der Waals surface area (Å²) >= 11 is 0. The number of rotatable bonds is 7. The monoisotopic (exact) mass is 497 g/mol. The van der Waals surface area contributed by atoms with E-state index in [1.165, 1.54) is 6.42 Å². The van der Waals surface area contributed by atoms with Crippen molar-refractivity contribution in [2.24, 2.45) is 10.9 Å². The highest BCUT2D eigenvalue weighted by Gasteiger charge is 2.30. The van der Waals surface area contributed by atoms with Gasteiger partial charge in [0.2, 0.25) is 0 Å². The molecule has 1 unspecified atom stereocenters. The number of alkyl carbamates (subject to hydrolysis) is 1. The van der Waals surface area contributed by atoms with Crippen molar-refractivity contribution in [1.82, 2.24) is 20.9 Å². The molecule has 0 bridgehead atoms. The second kappa shape index (κ2) is 11.9. The maximum atomic E-state index is 12.2. The first-order valence-electron chi connectivity index (χ1n) is 9.77. The largest absolute Gasteiger partial charge is 0.444 e. The van der Waals surface area contributed by atoms with Gasteiger partial charge in [0, 0.05) is 26.7 Å². The Balaban J connectivity index is 0.00000676. The lowest BCUT2D eigenvalue weighted by Gasteiger charge is -2.34. The lowest BCUT2D eigenvalue weighted by molar-refractivity contribution is 0.0448. The van der Waals surface area contributed by atoms with Gasteiger partial charge in [-0.1, -0.05) is 13.8 Å². The standard InChI is InChI=1S/C19H39N5O2.HI/c1-8-19(9-2,23-17(25)26-18(3,4)5)14-22-16(20-6)21-12-15-10-11-24(7)13-15;/h15H,8-14H2,1-7H3,(H,23,25)(H2,20,21,22);1H. The number of amides is 1. The number of aliphatic imine (C=N–C) groups is 1. The van der Waals surface area contributed by atoms with Gasteiger partial charge in [-0.3, -0.25) is 4.99 Å². The van der Waals surface area contributed by atoms with E-state index in [9.17, 15) is 4.79 Å². The molecule has 1 amide bonds. The van der Waals surface area contributed by atoms with Crippen LogP contribution in [-0.4, -0.2) is 68.4 Å². The molecule has 1 aliphatic rings. The Bertz CT molecular complexity index is 475. The number of hydrogen-bond acceptors (Lipinski definition) is 4. The fraction of sp³-hybridized carbons (Fsp3) is 0.895. The van der Waals surface area contributed by atoms with Gasteiger partial charge < -0.3 is 25.6 Å². The lowest BCUT2D eigenvalue weighted by atomic mass is 9.93. The Morgan fingerprint density at radius 2 is 1.85 bits per heavy atom. The first-order valence-corrected chi connectivity index (χ1v) is 9.77. The van der Waals surface area contributed by atoms with Crippen molar-refractivity contribution < 1.29 is 9.53 Å². The average Bonchev–Trinajstić information content (AvgIpc) is 2.97. The summed E-state index contributed by atoms with van der Waals surface area (Å²) in [6.45, 7) is 13.6. The fourth-order valence-corrected chi connectivity index (χ4v) is 3.15. The minimum absolute atomic E-state index is 0. The van der Waals surface area contributed by atoms with Gasteiger partial charge in [-0.25, -0.2) is 4.79 Å². The number of carbonyl (C=O) groups is 1. The van der Waals surface area contributed by atoms with Crippen LogP contribution in [0.2, 0.25) is 0 Å². The van der Waals surface area contributed by atoms with Crippen LogP contribution in [0.15, 0.2) is 4.99 Å². The molecule has 0 saturated carbocycles. The highest BCUT2D eigenvalue weighted by molar-refractivity contribution is 14.0. The summed E-state index contributed by atoms with van der Waals surface area (Å²) in [6, 6.07) is 0. The maximum Gasteiger partial charge on any atom is 0.408 e. The van der Waals surface area contributed by atoms with Crippen LogP contribution in [0.3, 0.4) is 0 Å². The van der Waals surface area contributed by atoms with Gasteiger partial charge in [0.1, 0.15) is 5.60 Å². The minimum atomic E-state index is -0.503. The van der Waals surface area contributed by atoms with E-state index < -0.39 is 5.60 Å². The van der Waals surface area contributed by atoms with Crippen molar-refractivity contribution in [3.05, 3.63) is 0 Å². The zero-order valence-corrected chi connectivity index (χ0v) is 20.5. The summed E-state index contributed by atoms with van der Waals surface area (Å²) in [6.07, 6.45) is 2.45. The zero-order valence-electron chi connectivity index (χ0n) is 18.1. The maximum absolute atomic E-state index is 12.2. The Morgan fingerprint density at radius 3 is 2.30 bits per heavy atom. The highest BCUT2D eigenvalue weighted by Crippen LogP contribution is 2.16. The van der Waals surface area contributed by atoms with E-state index in [-0.39, 0.29) is 35.6 Å². The smallest absolute Gasteiger partial charge is 0.408 e. The Hall–Kier alpha value is -0.770. The molecule has 8 heteroatoms. The number of guanidine groups is 1. The summed E-state index contributed by atoms with van der Waals surface area (Å²) in [4.78, 5) is 18.9. The van der Waals surface area contributed by atoms with Crippen LogP contribution in [-0.2, 0) is 4.74 Å². The molecular formula is C19H40IN5O2. The van der Waals surface area contributed by atoms with Crippen LogP contribution in [0.4, 0.5) is 4.79 Å². The van der Waals surface area contributed by atoms with Crippen molar-refractivity contribution in [3.8, 4) is 0 Å². The van der Waals surface area contributed by atoms with E-state index in [0.717, 1.165) is 38.4 Å². The normalized spacial score (nSPS) is 18.6. The predicted molar refractivity (Wildman–Crippen MR) is 123 cm³/mol. The molecule has 1 aliphatic heterocycles. The third kappa shape index (κ3) is 9.82. The van der Waals surface area contributed by atoms with Crippen molar-refractivity contribution in [1.29, 1.82) is 0 Å². The quantitative estimate of drug-likeness (QED) is 0.287. The molecule has 7 nitrogen and oxygen atoms in total. The minimum Gasteiger partial charge on any atom is -0.444 e. The van der Waals surface area contributed by atoms with E-state index in [2.05, 4.69) is 46.7 Å². The van der Waals surface area contributed by atoms with E-state index in [1.54, 1.807) is 7.05 Å². The Kier molecular flexibility index (Phi) is 11.6. The average molecular weight is 497 g/mol. The Morgan fingerprint density at radius 1 is 1.22 bits per heavy atom. The molecule has 0 aliphatic carbocycles. The highest BCUT2D eigenvalue weighted by atomic mass is 127. The fourth-order valence-electron chi connectivity index (χ4n) is 3.15. The van der Waals surface area contributed by atoms with Gasteiger partial charge >= 0.3 is 6.09 Å². The summed E-state index contributed by atoms with van der Waals surface area (Å²) in [7, 11) is 3.93. The molecule has 1 saturated heterocycles. The molecule has 0 spiro atoms. The molecule has 3 N–H and O–H groups in total. The molecule has 0 aromatic carbocycles. The topological polar surface area (TPSA) is 78.0 Å². The van der Waals surface area contributed by atoms with Crippen molar-refractivity contribution >= 4 is 36.0 Å². The number of hydrogen-bond donors (Lipinski definition) is 3. The third-order valence-electron chi connectivity index (χ3n) is 4.98. The number of likely N-dealkylation sites (tertiary alicyclic amines) is 1. The second-order valence-corrected chi connectivity index (χ2v) is 8.34. The molecular weight excluding hydrogens is 457 g/mol. The summed E-state index contributed by atoms with van der Waals surface area (Å²) in [5.41, 5.74) is -0.871. The molecule has 1 rings (SSSR count). The zero-order chi connectivity index (χ0) is 19.8. The number of nitrogens with one attached hydrogen (secondary N) is 3. The van der Waals surface area contributed by atoms with E-state index >= 15 is 0 Å². The van der Waals surface area contributed by atoms with Crippen LogP contribution in [0.5, 0.6) is 0 Å². The van der Waals surface area contributed by atoms with Crippen molar-refractivity contribution in [2.45, 2.75) is 65.0 Å². The predicted octanol–water partition coefficient (Wildman–Crippen LogP) is 2.80. The summed E-state index contributed by atoms with van der Waals surface area (Å²) in [5, 5.41) is 9.84. The van der Waals surface area contributed by atoms with Crippen LogP contribution in [0.1, 0.15) is 53.9 Å². The van der Waals surface area contributed by atoms with Crippen molar-refractivity contribution in [2.75, 3.05) is 40.3 Å².